The largest absolute Gasteiger partial charge is 0.508 e. The predicted molar refractivity (Wildman–Crippen MR) is 124 cm³/mol. The molecule has 4 heterocycles. The molecule has 0 atom stereocenters. The van der Waals surface area contributed by atoms with Crippen LogP contribution in [0.3, 0.4) is 0 Å². The van der Waals surface area contributed by atoms with Gasteiger partial charge in [-0.25, -0.2) is 9.97 Å². The Hall–Kier alpha value is -4.58. The first-order valence-electron chi connectivity index (χ1n) is 10.2. The van der Waals surface area contributed by atoms with Crippen molar-refractivity contribution in [1.82, 2.24) is 19.9 Å². The molecule has 6 aromatic rings. The molecule has 0 bridgehead atoms. The molecule has 0 aliphatic rings. The number of phenols is 1. The van der Waals surface area contributed by atoms with Crippen LogP contribution in [0.2, 0.25) is 0 Å². The topological polar surface area (TPSA) is 90.7 Å². The van der Waals surface area contributed by atoms with Gasteiger partial charge in [0.1, 0.15) is 28.6 Å². The van der Waals surface area contributed by atoms with Crippen LogP contribution in [0.25, 0.3) is 56.4 Å². The molecular formula is C26H18N4O2. The lowest BCUT2D eigenvalue weighted by Gasteiger charge is -2.02. The first-order valence-corrected chi connectivity index (χ1v) is 10.2. The summed E-state index contributed by atoms with van der Waals surface area (Å²) in [5.74, 6) is 1.60. The van der Waals surface area contributed by atoms with E-state index in [0.717, 1.165) is 44.8 Å². The van der Waals surface area contributed by atoms with E-state index in [2.05, 4.69) is 33.2 Å². The Labute approximate surface area is 183 Å². The van der Waals surface area contributed by atoms with Crippen molar-refractivity contribution in [3.63, 3.8) is 0 Å². The fourth-order valence-corrected chi connectivity index (χ4v) is 3.93. The van der Waals surface area contributed by atoms with Gasteiger partial charge in [0.2, 0.25) is 0 Å². The highest BCUT2D eigenvalue weighted by molar-refractivity contribution is 5.98. The number of nitrogens with zero attached hydrogens (tertiary/aromatic N) is 2. The molecule has 2 aromatic carbocycles. The predicted octanol–water partition coefficient (Wildman–Crippen LogP) is 6.25. The lowest BCUT2D eigenvalue weighted by atomic mass is 10.1. The number of phenolic OH excluding ortho intramolecular Hbond substituents is 1. The first-order chi connectivity index (χ1) is 15.8. The second-order valence-corrected chi connectivity index (χ2v) is 7.50. The van der Waals surface area contributed by atoms with Crippen molar-refractivity contribution >= 4 is 11.0 Å². The van der Waals surface area contributed by atoms with Gasteiger partial charge in [-0.1, -0.05) is 30.3 Å². The number of hydrogen-bond acceptors (Lipinski definition) is 4. The molecule has 3 N–H and O–H groups in total. The van der Waals surface area contributed by atoms with Crippen molar-refractivity contribution in [3.8, 4) is 51.1 Å². The summed E-state index contributed by atoms with van der Waals surface area (Å²) in [7, 11) is 0. The number of nitrogens with one attached hydrogen (secondary N) is 2. The van der Waals surface area contributed by atoms with E-state index in [1.165, 1.54) is 0 Å². The van der Waals surface area contributed by atoms with E-state index in [4.69, 9.17) is 9.40 Å². The zero-order valence-electron chi connectivity index (χ0n) is 16.9. The Kier molecular flexibility index (Phi) is 4.14. The van der Waals surface area contributed by atoms with Gasteiger partial charge in [-0.05, 0) is 54.1 Å². The number of aromatic nitrogens is 4. The van der Waals surface area contributed by atoms with Gasteiger partial charge >= 0.3 is 0 Å². The second-order valence-electron chi connectivity index (χ2n) is 7.50. The van der Waals surface area contributed by atoms with Crippen LogP contribution < -0.4 is 0 Å². The molecule has 0 amide bonds. The number of fused-ring (bicyclic) bond motifs is 1. The van der Waals surface area contributed by atoms with Gasteiger partial charge in [0.05, 0.1) is 6.26 Å². The van der Waals surface area contributed by atoms with E-state index in [1.807, 2.05) is 48.5 Å². The second kappa shape index (κ2) is 7.28. The molecule has 0 unspecified atom stereocenters. The summed E-state index contributed by atoms with van der Waals surface area (Å²) in [6.45, 7) is 0. The molecule has 0 aliphatic heterocycles. The van der Waals surface area contributed by atoms with Gasteiger partial charge in [0, 0.05) is 28.4 Å². The summed E-state index contributed by atoms with van der Waals surface area (Å²) < 4.78 is 5.70. The summed E-state index contributed by atoms with van der Waals surface area (Å²) in [5.41, 5.74) is 6.25. The Morgan fingerprint density at radius 2 is 1.66 bits per heavy atom. The third kappa shape index (κ3) is 3.06. The van der Waals surface area contributed by atoms with Crippen molar-refractivity contribution in [2.24, 2.45) is 0 Å². The molecule has 0 fully saturated rings. The number of H-pyrrole nitrogens is 2. The van der Waals surface area contributed by atoms with Crippen LogP contribution in [-0.2, 0) is 0 Å². The number of benzene rings is 2. The van der Waals surface area contributed by atoms with Crippen molar-refractivity contribution < 1.29 is 9.52 Å². The van der Waals surface area contributed by atoms with E-state index in [-0.39, 0.29) is 5.75 Å². The summed E-state index contributed by atoms with van der Waals surface area (Å²) in [4.78, 5) is 16.3. The molecular weight excluding hydrogens is 400 g/mol. The quantitative estimate of drug-likeness (QED) is 0.315. The van der Waals surface area contributed by atoms with Crippen LogP contribution >= 0.6 is 0 Å². The fourth-order valence-electron chi connectivity index (χ4n) is 3.93. The monoisotopic (exact) mass is 418 g/mol. The minimum atomic E-state index is 0.211. The molecule has 0 radical (unpaired) electrons. The van der Waals surface area contributed by atoms with Crippen molar-refractivity contribution in [2.45, 2.75) is 0 Å². The van der Waals surface area contributed by atoms with E-state index in [9.17, 15) is 5.11 Å². The molecule has 4 aromatic heterocycles. The smallest absolute Gasteiger partial charge is 0.152 e. The molecule has 6 rings (SSSR count). The van der Waals surface area contributed by atoms with Crippen LogP contribution in [0.15, 0.2) is 95.7 Å². The molecule has 0 aliphatic carbocycles. The van der Waals surface area contributed by atoms with Gasteiger partial charge in [-0.2, -0.15) is 0 Å². The molecule has 0 saturated heterocycles. The van der Waals surface area contributed by atoms with Crippen molar-refractivity contribution in [3.05, 3.63) is 91.3 Å². The molecule has 6 heteroatoms. The van der Waals surface area contributed by atoms with E-state index >= 15 is 0 Å². The van der Waals surface area contributed by atoms with Crippen LogP contribution in [0.4, 0.5) is 0 Å². The number of rotatable bonds is 4. The van der Waals surface area contributed by atoms with Gasteiger partial charge < -0.3 is 19.5 Å². The highest BCUT2D eigenvalue weighted by Crippen LogP contribution is 2.37. The van der Waals surface area contributed by atoms with Gasteiger partial charge in [-0.3, -0.25) is 0 Å². The maximum absolute atomic E-state index is 9.65. The summed E-state index contributed by atoms with van der Waals surface area (Å²) in [5, 5.41) is 10.6. The lowest BCUT2D eigenvalue weighted by Crippen LogP contribution is -1.85. The highest BCUT2D eigenvalue weighted by Gasteiger charge is 2.20. The average molecular weight is 418 g/mol. The zero-order valence-corrected chi connectivity index (χ0v) is 16.9. The molecule has 0 spiro atoms. The normalized spacial score (nSPS) is 11.2. The fraction of sp³-hybridized carbons (Fsp3) is 0. The van der Waals surface area contributed by atoms with E-state index < -0.39 is 0 Å². The standard InChI is InChI=1S/C26H18N4O2/c31-18-10-8-17(9-11-18)25-29-23(24(30-25)22-7-4-14-32-22)19-12-13-27-26-20(19)15-21(28-26)16-5-2-1-3-6-16/h1-15,31H,(H,27,28)(H,29,30). The van der Waals surface area contributed by atoms with Crippen molar-refractivity contribution in [2.75, 3.05) is 0 Å². The minimum Gasteiger partial charge on any atom is -0.508 e. The van der Waals surface area contributed by atoms with Gasteiger partial charge in [-0.15, -0.1) is 0 Å². The van der Waals surface area contributed by atoms with Crippen LogP contribution in [0.1, 0.15) is 0 Å². The van der Waals surface area contributed by atoms with Crippen LogP contribution in [0.5, 0.6) is 5.75 Å². The van der Waals surface area contributed by atoms with Crippen molar-refractivity contribution in [1.29, 1.82) is 0 Å². The van der Waals surface area contributed by atoms with E-state index in [1.54, 1.807) is 24.6 Å². The Balaban J connectivity index is 1.56. The number of imidazole rings is 1. The minimum absolute atomic E-state index is 0.211. The van der Waals surface area contributed by atoms with Crippen LogP contribution in [-0.4, -0.2) is 25.0 Å². The molecule has 6 nitrogen and oxygen atoms in total. The zero-order chi connectivity index (χ0) is 21.5. The third-order valence-corrected chi connectivity index (χ3v) is 5.48. The van der Waals surface area contributed by atoms with Gasteiger partial charge in [0.15, 0.2) is 5.76 Å². The van der Waals surface area contributed by atoms with E-state index in [0.29, 0.717) is 11.6 Å². The third-order valence-electron chi connectivity index (χ3n) is 5.48. The Bertz CT molecular complexity index is 1510. The Morgan fingerprint density at radius 1 is 0.812 bits per heavy atom. The Morgan fingerprint density at radius 3 is 2.44 bits per heavy atom. The highest BCUT2D eigenvalue weighted by atomic mass is 16.3. The number of pyridine rings is 1. The molecule has 0 saturated carbocycles. The number of aromatic hydroxyl groups is 1. The first kappa shape index (κ1) is 18.2. The lowest BCUT2D eigenvalue weighted by molar-refractivity contribution is 0.475. The van der Waals surface area contributed by atoms with Gasteiger partial charge in [0.25, 0.3) is 0 Å². The number of aromatic amines is 2. The molecule has 32 heavy (non-hydrogen) atoms. The maximum atomic E-state index is 9.65. The van der Waals surface area contributed by atoms with Crippen LogP contribution in [0, 0.1) is 0 Å². The maximum Gasteiger partial charge on any atom is 0.152 e. The summed E-state index contributed by atoms with van der Waals surface area (Å²) in [6, 6.07) is 24.9. The average Bonchev–Trinajstić information content (AvgIpc) is 3.59. The summed E-state index contributed by atoms with van der Waals surface area (Å²) in [6.07, 6.45) is 3.43. The molecule has 154 valence electrons. The number of furan rings is 1. The summed E-state index contributed by atoms with van der Waals surface area (Å²) >= 11 is 0. The SMILES string of the molecule is Oc1ccc(-c2nc(-c3ccnc4[nH]c(-c5ccccc5)cc34)c(-c3ccco3)[nH]2)cc1. The number of hydrogen-bond donors (Lipinski definition) is 3.